The first-order chi connectivity index (χ1) is 12.1. The Morgan fingerprint density at radius 1 is 1.08 bits per heavy atom. The highest BCUT2D eigenvalue weighted by molar-refractivity contribution is 7.26. The number of benzene rings is 1. The molecule has 2 amide bonds. The number of likely N-dealkylation sites (N-methyl/N-ethyl adjacent to an activating group) is 1. The highest BCUT2D eigenvalue weighted by atomic mass is 32.1. The van der Waals surface area contributed by atoms with E-state index in [2.05, 4.69) is 10.3 Å². The van der Waals surface area contributed by atoms with Crippen molar-refractivity contribution in [2.24, 2.45) is 0 Å². The fourth-order valence-electron chi connectivity index (χ4n) is 2.48. The van der Waals surface area contributed by atoms with Gasteiger partial charge in [-0.05, 0) is 38.1 Å². The Kier molecular flexibility index (Phi) is 5.45. The number of hydrogen-bond acceptors (Lipinski definition) is 5. The lowest BCUT2D eigenvalue weighted by Gasteiger charge is -2.18. The van der Waals surface area contributed by atoms with Gasteiger partial charge in [0.25, 0.3) is 5.91 Å². The van der Waals surface area contributed by atoms with Crippen LogP contribution in [0.15, 0.2) is 36.4 Å². The molecule has 1 N–H and O–H groups in total. The molecule has 2 heterocycles. The quantitative estimate of drug-likeness (QED) is 0.718. The van der Waals surface area contributed by atoms with E-state index in [4.69, 9.17) is 0 Å². The van der Waals surface area contributed by atoms with Crippen molar-refractivity contribution < 1.29 is 9.59 Å². The second kappa shape index (κ2) is 7.76. The van der Waals surface area contributed by atoms with Crippen LogP contribution in [0.3, 0.4) is 0 Å². The number of fused-ring (bicyclic) bond motifs is 1. The Hall–Kier alpha value is -2.25. The van der Waals surface area contributed by atoms with E-state index in [0.29, 0.717) is 18.0 Å². The summed E-state index contributed by atoms with van der Waals surface area (Å²) in [5, 5.41) is 3.61. The maximum absolute atomic E-state index is 12.3. The minimum atomic E-state index is -0.224. The zero-order valence-corrected chi connectivity index (χ0v) is 15.7. The van der Waals surface area contributed by atoms with Crippen molar-refractivity contribution in [1.82, 2.24) is 15.2 Å². The highest BCUT2D eigenvalue weighted by Crippen LogP contribution is 2.34. The van der Waals surface area contributed by atoms with E-state index in [1.165, 1.54) is 11.3 Å². The monoisotopic (exact) mass is 373 g/mol. The molecular formula is C18H19N3O2S2. The Balaban J connectivity index is 1.68. The third-order valence-electron chi connectivity index (χ3n) is 3.85. The number of thiazole rings is 1. The zero-order valence-electron chi connectivity index (χ0n) is 14.1. The Labute approximate surface area is 154 Å². The van der Waals surface area contributed by atoms with Crippen molar-refractivity contribution in [3.8, 4) is 9.88 Å². The number of aromatic nitrogens is 1. The Morgan fingerprint density at radius 3 is 2.56 bits per heavy atom. The molecule has 0 aliphatic carbocycles. The molecule has 0 bridgehead atoms. The third kappa shape index (κ3) is 3.88. The molecule has 0 spiro atoms. The van der Waals surface area contributed by atoms with Gasteiger partial charge >= 0.3 is 0 Å². The van der Waals surface area contributed by atoms with Gasteiger partial charge in [0.2, 0.25) is 5.91 Å². The topological polar surface area (TPSA) is 62.3 Å². The van der Waals surface area contributed by atoms with Crippen LogP contribution in [0, 0.1) is 0 Å². The minimum Gasteiger partial charge on any atom is -0.342 e. The molecule has 0 fully saturated rings. The molecule has 1 aromatic carbocycles. The fraction of sp³-hybridized carbons (Fsp3) is 0.278. The summed E-state index contributed by atoms with van der Waals surface area (Å²) >= 11 is 3.00. The molecular weight excluding hydrogens is 354 g/mol. The summed E-state index contributed by atoms with van der Waals surface area (Å²) in [5.41, 5.74) is 0.965. The molecule has 130 valence electrons. The van der Waals surface area contributed by atoms with Crippen molar-refractivity contribution >= 4 is 44.7 Å². The van der Waals surface area contributed by atoms with E-state index in [9.17, 15) is 9.59 Å². The predicted molar refractivity (Wildman–Crippen MR) is 103 cm³/mol. The van der Waals surface area contributed by atoms with Crippen LogP contribution in [0.5, 0.6) is 0 Å². The van der Waals surface area contributed by atoms with E-state index < -0.39 is 0 Å². The minimum absolute atomic E-state index is 0.0227. The number of thiophene rings is 1. The lowest BCUT2D eigenvalue weighted by atomic mass is 10.3. The number of nitrogens with zero attached hydrogens (tertiary/aromatic N) is 2. The van der Waals surface area contributed by atoms with Gasteiger partial charge in [-0.25, -0.2) is 4.98 Å². The smallest absolute Gasteiger partial charge is 0.261 e. The van der Waals surface area contributed by atoms with Crippen LogP contribution in [0.2, 0.25) is 0 Å². The molecule has 3 rings (SSSR count). The number of para-hydroxylation sites is 1. The SMILES string of the molecule is CCN(CC)C(=O)CNC(=O)c1ccc(-c2nc3ccccc3s2)s1. The second-order valence-corrected chi connectivity index (χ2v) is 7.51. The molecule has 0 aliphatic rings. The first-order valence-electron chi connectivity index (χ1n) is 8.14. The largest absolute Gasteiger partial charge is 0.342 e. The van der Waals surface area contributed by atoms with Gasteiger partial charge in [0.15, 0.2) is 0 Å². The van der Waals surface area contributed by atoms with Gasteiger partial charge in [0.1, 0.15) is 5.01 Å². The van der Waals surface area contributed by atoms with Gasteiger partial charge < -0.3 is 10.2 Å². The van der Waals surface area contributed by atoms with E-state index >= 15 is 0 Å². The van der Waals surface area contributed by atoms with Gasteiger partial charge in [-0.15, -0.1) is 22.7 Å². The normalized spacial score (nSPS) is 10.8. The third-order valence-corrected chi connectivity index (χ3v) is 6.14. The molecule has 2 aromatic heterocycles. The maximum atomic E-state index is 12.3. The summed E-state index contributed by atoms with van der Waals surface area (Å²) in [6, 6.07) is 11.7. The van der Waals surface area contributed by atoms with Crippen LogP contribution in [-0.4, -0.2) is 41.3 Å². The molecule has 7 heteroatoms. The summed E-state index contributed by atoms with van der Waals surface area (Å²) < 4.78 is 1.13. The van der Waals surface area contributed by atoms with Crippen LogP contribution in [-0.2, 0) is 4.79 Å². The first-order valence-corrected chi connectivity index (χ1v) is 9.77. The van der Waals surface area contributed by atoms with Crippen molar-refractivity contribution in [2.45, 2.75) is 13.8 Å². The van der Waals surface area contributed by atoms with E-state index in [1.807, 2.05) is 44.2 Å². The van der Waals surface area contributed by atoms with Crippen molar-refractivity contribution in [1.29, 1.82) is 0 Å². The number of carbonyl (C=O) groups excluding carboxylic acids is 2. The molecule has 0 saturated carbocycles. The fourth-order valence-corrected chi connectivity index (χ4v) is 4.43. The number of rotatable bonds is 6. The van der Waals surface area contributed by atoms with Crippen molar-refractivity contribution in [3.63, 3.8) is 0 Å². The average Bonchev–Trinajstić information content (AvgIpc) is 3.27. The predicted octanol–water partition coefficient (Wildman–Crippen LogP) is 3.62. The second-order valence-electron chi connectivity index (χ2n) is 5.40. The molecule has 0 atom stereocenters. The number of hydrogen-bond donors (Lipinski definition) is 1. The maximum Gasteiger partial charge on any atom is 0.261 e. The summed E-state index contributed by atoms with van der Waals surface area (Å²) in [4.78, 5) is 32.1. The van der Waals surface area contributed by atoms with Crippen molar-refractivity contribution in [3.05, 3.63) is 41.3 Å². The number of nitrogens with one attached hydrogen (secondary N) is 1. The van der Waals surface area contributed by atoms with Crippen molar-refractivity contribution in [2.75, 3.05) is 19.6 Å². The lowest BCUT2D eigenvalue weighted by Crippen LogP contribution is -2.39. The number of carbonyl (C=O) groups is 2. The Bertz CT molecular complexity index is 864. The summed E-state index contributed by atoms with van der Waals surface area (Å²) in [5.74, 6) is -0.292. The molecule has 0 saturated heterocycles. The summed E-state index contributed by atoms with van der Waals surface area (Å²) in [7, 11) is 0. The lowest BCUT2D eigenvalue weighted by molar-refractivity contribution is -0.129. The number of amides is 2. The summed E-state index contributed by atoms with van der Waals surface area (Å²) in [6.45, 7) is 5.16. The van der Waals surface area contributed by atoms with Gasteiger partial charge in [0.05, 0.1) is 26.5 Å². The molecule has 0 unspecified atom stereocenters. The van der Waals surface area contributed by atoms with E-state index in [-0.39, 0.29) is 18.4 Å². The van der Waals surface area contributed by atoms with E-state index in [1.54, 1.807) is 22.3 Å². The van der Waals surface area contributed by atoms with Gasteiger partial charge in [-0.1, -0.05) is 12.1 Å². The van der Waals surface area contributed by atoms with Gasteiger partial charge in [-0.2, -0.15) is 0 Å². The molecule has 5 nitrogen and oxygen atoms in total. The average molecular weight is 374 g/mol. The first kappa shape index (κ1) is 17.6. The van der Waals surface area contributed by atoms with Crippen LogP contribution in [0.1, 0.15) is 23.5 Å². The van der Waals surface area contributed by atoms with Gasteiger partial charge in [-0.3, -0.25) is 9.59 Å². The highest BCUT2D eigenvalue weighted by Gasteiger charge is 2.15. The van der Waals surface area contributed by atoms with Crippen LogP contribution in [0.25, 0.3) is 20.1 Å². The van der Waals surface area contributed by atoms with Crippen LogP contribution >= 0.6 is 22.7 Å². The molecule has 3 aromatic rings. The van der Waals surface area contributed by atoms with Crippen LogP contribution < -0.4 is 5.32 Å². The standard InChI is InChI=1S/C18H19N3O2S2/c1-3-21(4-2)16(22)11-19-17(23)14-9-10-15(24-14)18-20-12-7-5-6-8-13(12)25-18/h5-10H,3-4,11H2,1-2H3,(H,19,23). The molecule has 0 aliphatic heterocycles. The van der Waals surface area contributed by atoms with E-state index in [0.717, 1.165) is 20.1 Å². The van der Waals surface area contributed by atoms with Crippen LogP contribution in [0.4, 0.5) is 0 Å². The Morgan fingerprint density at radius 2 is 1.84 bits per heavy atom. The van der Waals surface area contributed by atoms with Gasteiger partial charge in [0, 0.05) is 13.1 Å². The zero-order chi connectivity index (χ0) is 17.8. The molecule has 0 radical (unpaired) electrons. The summed E-state index contributed by atoms with van der Waals surface area (Å²) in [6.07, 6.45) is 0. The molecule has 25 heavy (non-hydrogen) atoms.